The number of methoxy groups -OCH3 is 1. The largest absolute Gasteiger partial charge is 0.383 e. The van der Waals surface area contributed by atoms with Crippen molar-refractivity contribution in [3.8, 4) is 0 Å². The number of carbonyl (C=O) groups is 1. The molecule has 0 spiro atoms. The Balaban J connectivity index is 1.84. The number of benzene rings is 2. The van der Waals surface area contributed by atoms with E-state index >= 15 is 0 Å². The Hall–Kier alpha value is -2.38. The first-order valence-electron chi connectivity index (χ1n) is 8.85. The van der Waals surface area contributed by atoms with Crippen LogP contribution in [0.25, 0.3) is 0 Å². The second kappa shape index (κ2) is 7.70. The van der Waals surface area contributed by atoms with Gasteiger partial charge in [0.25, 0.3) is 15.9 Å². The van der Waals surface area contributed by atoms with Crippen LogP contribution in [0, 0.1) is 6.92 Å². The minimum Gasteiger partial charge on any atom is -0.383 e. The van der Waals surface area contributed by atoms with Gasteiger partial charge in [-0.3, -0.25) is 9.10 Å². The number of sulfonamides is 1. The topological polar surface area (TPSA) is 75.7 Å². The first-order chi connectivity index (χ1) is 12.8. The summed E-state index contributed by atoms with van der Waals surface area (Å²) in [5.41, 5.74) is 3.02. The SMILES string of the molecule is COC[C@H](C)NC(=O)c1ccc2c(c1)CCN2S(=O)(=O)c1ccc(C)cc1. The highest BCUT2D eigenvalue weighted by Crippen LogP contribution is 2.33. The van der Waals surface area contributed by atoms with E-state index in [-0.39, 0.29) is 16.8 Å². The van der Waals surface area contributed by atoms with E-state index in [0.29, 0.717) is 30.8 Å². The monoisotopic (exact) mass is 388 g/mol. The van der Waals surface area contributed by atoms with Crippen LogP contribution < -0.4 is 9.62 Å². The van der Waals surface area contributed by atoms with E-state index in [0.717, 1.165) is 11.1 Å². The quantitative estimate of drug-likeness (QED) is 0.825. The number of nitrogens with one attached hydrogen (secondary N) is 1. The summed E-state index contributed by atoms with van der Waals surface area (Å²) in [5.74, 6) is -0.192. The lowest BCUT2D eigenvalue weighted by Gasteiger charge is -2.20. The zero-order valence-corrected chi connectivity index (χ0v) is 16.5. The van der Waals surface area contributed by atoms with Crippen molar-refractivity contribution in [1.82, 2.24) is 5.32 Å². The molecule has 0 aromatic heterocycles. The maximum Gasteiger partial charge on any atom is 0.264 e. The van der Waals surface area contributed by atoms with Crippen LogP contribution in [0.2, 0.25) is 0 Å². The predicted octanol–water partition coefficient (Wildman–Crippen LogP) is 2.51. The third-order valence-electron chi connectivity index (χ3n) is 4.60. The number of rotatable bonds is 6. The van der Waals surface area contributed by atoms with Crippen LogP contribution in [0.1, 0.15) is 28.4 Å². The van der Waals surface area contributed by atoms with Gasteiger partial charge in [0.15, 0.2) is 0 Å². The van der Waals surface area contributed by atoms with E-state index < -0.39 is 10.0 Å². The Kier molecular flexibility index (Phi) is 5.53. The molecular formula is C20H24N2O4S. The van der Waals surface area contributed by atoms with E-state index in [1.807, 2.05) is 13.8 Å². The Bertz CT molecular complexity index is 939. The summed E-state index contributed by atoms with van der Waals surface area (Å²) in [5, 5.41) is 2.87. The van der Waals surface area contributed by atoms with Crippen LogP contribution in [-0.4, -0.2) is 40.6 Å². The van der Waals surface area contributed by atoms with Crippen molar-refractivity contribution in [3.05, 3.63) is 59.2 Å². The molecule has 0 bridgehead atoms. The maximum absolute atomic E-state index is 13.0. The molecule has 1 N–H and O–H groups in total. The molecule has 1 heterocycles. The van der Waals surface area contributed by atoms with E-state index in [4.69, 9.17) is 4.74 Å². The van der Waals surface area contributed by atoms with Crippen molar-refractivity contribution in [2.24, 2.45) is 0 Å². The fourth-order valence-electron chi connectivity index (χ4n) is 3.20. The van der Waals surface area contributed by atoms with Crippen LogP contribution in [0.5, 0.6) is 0 Å². The van der Waals surface area contributed by atoms with Gasteiger partial charge in [-0.1, -0.05) is 17.7 Å². The average molecular weight is 388 g/mol. The number of ether oxygens (including phenoxy) is 1. The highest BCUT2D eigenvalue weighted by atomic mass is 32.2. The summed E-state index contributed by atoms with van der Waals surface area (Å²) in [6.07, 6.45) is 0.579. The van der Waals surface area contributed by atoms with Crippen molar-refractivity contribution < 1.29 is 17.9 Å². The number of hydrogen-bond acceptors (Lipinski definition) is 4. The molecule has 1 aliphatic heterocycles. The first-order valence-corrected chi connectivity index (χ1v) is 10.3. The molecule has 27 heavy (non-hydrogen) atoms. The minimum absolute atomic E-state index is 0.103. The van der Waals surface area contributed by atoms with Crippen molar-refractivity contribution in [2.75, 3.05) is 24.6 Å². The predicted molar refractivity (Wildman–Crippen MR) is 105 cm³/mol. The Morgan fingerprint density at radius 2 is 1.93 bits per heavy atom. The fraction of sp³-hybridized carbons (Fsp3) is 0.350. The molecule has 1 aliphatic rings. The van der Waals surface area contributed by atoms with Crippen molar-refractivity contribution >= 4 is 21.6 Å². The molecule has 0 fully saturated rings. The molecule has 0 saturated carbocycles. The van der Waals surface area contributed by atoms with Crippen LogP contribution in [-0.2, 0) is 21.2 Å². The summed E-state index contributed by atoms with van der Waals surface area (Å²) >= 11 is 0. The summed E-state index contributed by atoms with van der Waals surface area (Å²) < 4.78 is 32.4. The smallest absolute Gasteiger partial charge is 0.264 e. The molecule has 1 atom stereocenters. The lowest BCUT2D eigenvalue weighted by molar-refractivity contribution is 0.0905. The number of aryl methyl sites for hydroxylation is 1. The number of anilines is 1. The van der Waals surface area contributed by atoms with Gasteiger partial charge in [-0.25, -0.2) is 8.42 Å². The standard InChI is InChI=1S/C20H24N2O4S/c1-14-4-7-18(8-5-14)27(24,25)22-11-10-16-12-17(6-9-19(16)22)20(23)21-15(2)13-26-3/h4-9,12,15H,10-11,13H2,1-3H3,(H,21,23)/t15-/m0/s1. The molecular weight excluding hydrogens is 364 g/mol. The molecule has 7 heteroatoms. The zero-order valence-electron chi connectivity index (χ0n) is 15.7. The molecule has 0 aliphatic carbocycles. The molecule has 2 aromatic carbocycles. The van der Waals surface area contributed by atoms with Gasteiger partial charge >= 0.3 is 0 Å². The Morgan fingerprint density at radius 3 is 2.59 bits per heavy atom. The Labute approximate surface area is 160 Å². The fourth-order valence-corrected chi connectivity index (χ4v) is 4.70. The summed E-state index contributed by atoms with van der Waals surface area (Å²) in [6.45, 7) is 4.59. The molecule has 0 unspecified atom stereocenters. The molecule has 0 saturated heterocycles. The first kappa shape index (κ1) is 19.4. The summed E-state index contributed by atoms with van der Waals surface area (Å²) in [6, 6.07) is 11.9. The van der Waals surface area contributed by atoms with Crippen LogP contribution in [0.3, 0.4) is 0 Å². The molecule has 144 valence electrons. The van der Waals surface area contributed by atoms with Gasteiger partial charge in [-0.15, -0.1) is 0 Å². The molecule has 1 amide bonds. The summed E-state index contributed by atoms with van der Waals surface area (Å²) in [4.78, 5) is 12.6. The van der Waals surface area contributed by atoms with Gasteiger partial charge in [0.05, 0.1) is 17.2 Å². The zero-order chi connectivity index (χ0) is 19.6. The van der Waals surface area contributed by atoms with E-state index in [9.17, 15) is 13.2 Å². The van der Waals surface area contributed by atoms with Gasteiger partial charge in [0, 0.05) is 25.3 Å². The number of amides is 1. The number of hydrogen-bond donors (Lipinski definition) is 1. The van der Waals surface area contributed by atoms with Gasteiger partial charge in [0.1, 0.15) is 0 Å². The van der Waals surface area contributed by atoms with Gasteiger partial charge in [-0.2, -0.15) is 0 Å². The highest BCUT2D eigenvalue weighted by molar-refractivity contribution is 7.92. The third kappa shape index (κ3) is 3.99. The van der Waals surface area contributed by atoms with Gasteiger partial charge in [0.2, 0.25) is 0 Å². The van der Waals surface area contributed by atoms with Gasteiger partial charge < -0.3 is 10.1 Å². The molecule has 6 nitrogen and oxygen atoms in total. The minimum atomic E-state index is -3.61. The summed E-state index contributed by atoms with van der Waals surface area (Å²) in [7, 11) is -2.03. The number of nitrogens with zero attached hydrogens (tertiary/aromatic N) is 1. The molecule has 3 rings (SSSR count). The van der Waals surface area contributed by atoms with E-state index in [1.165, 1.54) is 4.31 Å². The second-order valence-corrected chi connectivity index (χ2v) is 8.68. The molecule has 2 aromatic rings. The van der Waals surface area contributed by atoms with Crippen LogP contribution in [0.15, 0.2) is 47.4 Å². The lowest BCUT2D eigenvalue weighted by atomic mass is 10.1. The van der Waals surface area contributed by atoms with Crippen LogP contribution in [0.4, 0.5) is 5.69 Å². The van der Waals surface area contributed by atoms with Crippen molar-refractivity contribution in [2.45, 2.75) is 31.2 Å². The second-order valence-electron chi connectivity index (χ2n) is 6.81. The molecule has 0 radical (unpaired) electrons. The highest BCUT2D eigenvalue weighted by Gasteiger charge is 2.31. The van der Waals surface area contributed by atoms with Crippen molar-refractivity contribution in [1.29, 1.82) is 0 Å². The third-order valence-corrected chi connectivity index (χ3v) is 6.43. The average Bonchev–Trinajstić information content (AvgIpc) is 3.06. The van der Waals surface area contributed by atoms with E-state index in [2.05, 4.69) is 5.32 Å². The lowest BCUT2D eigenvalue weighted by Crippen LogP contribution is -2.35. The Morgan fingerprint density at radius 1 is 1.22 bits per heavy atom. The maximum atomic E-state index is 13.0. The normalized spacial score (nSPS) is 14.7. The van der Waals surface area contributed by atoms with Gasteiger partial charge in [-0.05, 0) is 56.2 Å². The van der Waals surface area contributed by atoms with Crippen molar-refractivity contribution in [3.63, 3.8) is 0 Å². The van der Waals surface area contributed by atoms with Crippen LogP contribution >= 0.6 is 0 Å². The number of fused-ring (bicyclic) bond motifs is 1. The van der Waals surface area contributed by atoms with E-state index in [1.54, 1.807) is 49.6 Å². The number of carbonyl (C=O) groups excluding carboxylic acids is 1.